The van der Waals surface area contributed by atoms with E-state index in [2.05, 4.69) is 0 Å². The van der Waals surface area contributed by atoms with Crippen LogP contribution >= 0.6 is 11.3 Å². The maximum atomic E-state index is 11.6. The van der Waals surface area contributed by atoms with Gasteiger partial charge in [0, 0.05) is 0 Å². The summed E-state index contributed by atoms with van der Waals surface area (Å²) in [6.45, 7) is 0.192. The topological polar surface area (TPSA) is 93.1 Å². The fourth-order valence-corrected chi connectivity index (χ4v) is 3.27. The van der Waals surface area contributed by atoms with Crippen LogP contribution in [0.4, 0.5) is 0 Å². The lowest BCUT2D eigenvalue weighted by atomic mass is 10.2. The first-order valence-corrected chi connectivity index (χ1v) is 8.84. The molecule has 3 aromatic rings. The average Bonchev–Trinajstić information content (AvgIpc) is 3.05. The molecule has 1 aromatic heterocycles. The third kappa shape index (κ3) is 4.45. The largest absolute Gasteiger partial charge is 0.483 e. The Labute approximate surface area is 159 Å². The Bertz CT molecular complexity index is 858. The molecule has 0 bridgehead atoms. The molecule has 0 aliphatic heterocycles. The molecule has 0 unspecified atom stereocenters. The van der Waals surface area contributed by atoms with Crippen LogP contribution in [-0.2, 0) is 13.2 Å². The number of rotatable bonds is 8. The quantitative estimate of drug-likeness (QED) is 0.601. The normalized spacial score (nSPS) is 10.4. The van der Waals surface area contributed by atoms with Gasteiger partial charge in [-0.05, 0) is 11.1 Å². The molecule has 7 heteroatoms. The molecule has 0 radical (unpaired) electrons. The third-order valence-electron chi connectivity index (χ3n) is 3.66. The van der Waals surface area contributed by atoms with Crippen molar-refractivity contribution in [1.82, 2.24) is 0 Å². The van der Waals surface area contributed by atoms with Gasteiger partial charge in [-0.3, -0.25) is 0 Å². The Morgan fingerprint density at radius 1 is 0.704 bits per heavy atom. The van der Waals surface area contributed by atoms with E-state index in [1.54, 1.807) is 0 Å². The van der Waals surface area contributed by atoms with Crippen LogP contribution in [0.25, 0.3) is 0 Å². The predicted octanol–water partition coefficient (Wildman–Crippen LogP) is 4.30. The van der Waals surface area contributed by atoms with Gasteiger partial charge in [0.1, 0.15) is 13.2 Å². The summed E-state index contributed by atoms with van der Waals surface area (Å²) in [5.41, 5.74) is 1.65. The maximum absolute atomic E-state index is 11.6. The fraction of sp³-hybridized carbons (Fsp3) is 0.100. The molecule has 138 valence electrons. The van der Waals surface area contributed by atoms with Gasteiger partial charge in [-0.2, -0.15) is 0 Å². The summed E-state index contributed by atoms with van der Waals surface area (Å²) in [5, 5.41) is 18.9. The lowest BCUT2D eigenvalue weighted by Crippen LogP contribution is -2.04. The van der Waals surface area contributed by atoms with Crippen molar-refractivity contribution in [3.05, 3.63) is 81.5 Å². The van der Waals surface area contributed by atoms with E-state index in [0.29, 0.717) is 11.3 Å². The number of aromatic carboxylic acids is 2. The van der Waals surface area contributed by atoms with Crippen LogP contribution in [0.1, 0.15) is 30.5 Å². The second-order valence-corrected chi connectivity index (χ2v) is 6.60. The summed E-state index contributed by atoms with van der Waals surface area (Å²) < 4.78 is 11.4. The van der Waals surface area contributed by atoms with Gasteiger partial charge in [0.25, 0.3) is 0 Å². The van der Waals surface area contributed by atoms with Gasteiger partial charge in [0.15, 0.2) is 21.3 Å². The summed E-state index contributed by atoms with van der Waals surface area (Å²) in [7, 11) is 0. The molecule has 1 heterocycles. The Morgan fingerprint density at radius 3 is 1.41 bits per heavy atom. The van der Waals surface area contributed by atoms with Gasteiger partial charge in [-0.25, -0.2) is 9.59 Å². The highest BCUT2D eigenvalue weighted by Gasteiger charge is 2.29. The van der Waals surface area contributed by atoms with Crippen molar-refractivity contribution in [2.75, 3.05) is 0 Å². The van der Waals surface area contributed by atoms with Gasteiger partial charge >= 0.3 is 11.9 Å². The van der Waals surface area contributed by atoms with Gasteiger partial charge in [-0.15, -0.1) is 11.3 Å². The number of carboxylic acids is 2. The summed E-state index contributed by atoms with van der Waals surface area (Å²) in [4.78, 5) is 22.8. The van der Waals surface area contributed by atoms with Crippen molar-refractivity contribution < 1.29 is 29.3 Å². The standard InChI is InChI=1S/C20H16O6S/c21-19(22)17-15(25-11-13-7-3-1-4-8-13)16(18(27-17)20(23)24)26-12-14-9-5-2-6-10-14/h1-10H,11-12H2,(H,21,22)(H,23,24). The van der Waals surface area contributed by atoms with E-state index in [-0.39, 0.29) is 34.5 Å². The van der Waals surface area contributed by atoms with Crippen molar-refractivity contribution >= 4 is 23.3 Å². The van der Waals surface area contributed by atoms with Crippen LogP contribution in [0.3, 0.4) is 0 Å². The number of carboxylic acid groups (broad SMARTS) is 2. The van der Waals surface area contributed by atoms with Gasteiger partial charge in [0.05, 0.1) is 0 Å². The SMILES string of the molecule is O=C(O)c1sc(C(=O)O)c(OCc2ccccc2)c1OCc1ccccc1. The van der Waals surface area contributed by atoms with E-state index in [9.17, 15) is 19.8 Å². The molecule has 0 fully saturated rings. The minimum absolute atomic E-state index is 0.0651. The van der Waals surface area contributed by atoms with E-state index in [0.717, 1.165) is 11.1 Å². The van der Waals surface area contributed by atoms with Crippen molar-refractivity contribution in [2.45, 2.75) is 13.2 Å². The highest BCUT2D eigenvalue weighted by Crippen LogP contribution is 2.43. The summed E-state index contributed by atoms with van der Waals surface area (Å²) >= 11 is 0.624. The zero-order valence-corrected chi connectivity index (χ0v) is 14.9. The summed E-state index contributed by atoms with van der Waals surface area (Å²) in [6.07, 6.45) is 0. The maximum Gasteiger partial charge on any atom is 0.349 e. The highest BCUT2D eigenvalue weighted by molar-refractivity contribution is 7.16. The zero-order valence-electron chi connectivity index (χ0n) is 14.1. The number of carbonyl (C=O) groups is 2. The van der Waals surface area contributed by atoms with Crippen LogP contribution in [0.2, 0.25) is 0 Å². The van der Waals surface area contributed by atoms with Crippen LogP contribution in [0.5, 0.6) is 11.5 Å². The minimum Gasteiger partial charge on any atom is -0.483 e. The van der Waals surface area contributed by atoms with Crippen LogP contribution in [0.15, 0.2) is 60.7 Å². The number of hydrogen-bond donors (Lipinski definition) is 2. The molecular weight excluding hydrogens is 368 g/mol. The van der Waals surface area contributed by atoms with Crippen molar-refractivity contribution in [3.63, 3.8) is 0 Å². The highest BCUT2D eigenvalue weighted by atomic mass is 32.1. The first-order chi connectivity index (χ1) is 13.1. The first kappa shape index (κ1) is 18.5. The van der Waals surface area contributed by atoms with Gasteiger partial charge in [0.2, 0.25) is 0 Å². The van der Waals surface area contributed by atoms with E-state index >= 15 is 0 Å². The molecule has 0 atom stereocenters. The molecule has 27 heavy (non-hydrogen) atoms. The Morgan fingerprint density at radius 2 is 1.07 bits per heavy atom. The molecule has 2 N–H and O–H groups in total. The molecule has 3 rings (SSSR count). The second kappa shape index (κ2) is 8.37. The lowest BCUT2D eigenvalue weighted by molar-refractivity contribution is 0.0684. The third-order valence-corrected chi connectivity index (χ3v) is 4.79. The van der Waals surface area contributed by atoms with Crippen molar-refractivity contribution in [2.24, 2.45) is 0 Å². The van der Waals surface area contributed by atoms with Crippen LogP contribution in [0, 0.1) is 0 Å². The second-order valence-electron chi connectivity index (χ2n) is 5.58. The predicted molar refractivity (Wildman–Crippen MR) is 99.8 cm³/mol. The van der Waals surface area contributed by atoms with E-state index in [4.69, 9.17) is 9.47 Å². The minimum atomic E-state index is -1.26. The van der Waals surface area contributed by atoms with Crippen molar-refractivity contribution in [1.29, 1.82) is 0 Å². The monoisotopic (exact) mass is 384 g/mol. The van der Waals surface area contributed by atoms with Crippen LogP contribution in [-0.4, -0.2) is 22.2 Å². The smallest absolute Gasteiger partial charge is 0.349 e. The van der Waals surface area contributed by atoms with Crippen LogP contribution < -0.4 is 9.47 Å². The molecule has 0 aliphatic carbocycles. The Hall–Kier alpha value is -3.32. The molecule has 0 aliphatic rings. The number of ether oxygens (including phenoxy) is 2. The van der Waals surface area contributed by atoms with Gasteiger partial charge in [-0.1, -0.05) is 60.7 Å². The summed E-state index contributed by atoms with van der Waals surface area (Å²) in [5.74, 6) is -2.66. The molecular formula is C20H16O6S. The Balaban J connectivity index is 1.92. The molecule has 6 nitrogen and oxygen atoms in total. The number of hydrogen-bond acceptors (Lipinski definition) is 5. The first-order valence-electron chi connectivity index (χ1n) is 8.03. The number of benzene rings is 2. The zero-order chi connectivity index (χ0) is 19.2. The molecule has 2 aromatic carbocycles. The van der Waals surface area contributed by atoms with Gasteiger partial charge < -0.3 is 19.7 Å². The fourth-order valence-electron chi connectivity index (χ4n) is 2.40. The van der Waals surface area contributed by atoms with Crippen molar-refractivity contribution in [3.8, 4) is 11.5 Å². The molecule has 0 amide bonds. The molecule has 0 saturated heterocycles. The number of thiophene rings is 1. The van der Waals surface area contributed by atoms with E-state index < -0.39 is 11.9 Å². The molecule has 0 saturated carbocycles. The van der Waals surface area contributed by atoms with E-state index in [1.165, 1.54) is 0 Å². The van der Waals surface area contributed by atoms with E-state index in [1.807, 2.05) is 60.7 Å². The lowest BCUT2D eigenvalue weighted by Gasteiger charge is -2.11. The Kier molecular flexibility index (Phi) is 5.73. The molecule has 0 spiro atoms. The average molecular weight is 384 g/mol. The summed E-state index contributed by atoms with van der Waals surface area (Å²) in [6, 6.07) is 18.4.